The number of rotatable bonds is 15. The van der Waals surface area contributed by atoms with Gasteiger partial charge in [0.15, 0.2) is 0 Å². The minimum atomic E-state index is 0.528. The minimum Gasteiger partial charge on any atom is -0.385 e. The van der Waals surface area contributed by atoms with Gasteiger partial charge in [-0.25, -0.2) is 0 Å². The van der Waals surface area contributed by atoms with Crippen molar-refractivity contribution in [2.24, 2.45) is 11.8 Å². The molecule has 380 valence electrons. The lowest BCUT2D eigenvalue weighted by atomic mass is 9.82. The summed E-state index contributed by atoms with van der Waals surface area (Å²) in [5, 5.41) is 8.91. The second kappa shape index (κ2) is 24.0. The molecule has 76 heavy (non-hydrogen) atoms. The molecule has 3 heteroatoms. The zero-order valence-corrected chi connectivity index (χ0v) is 45.6. The van der Waals surface area contributed by atoms with Gasteiger partial charge in [-0.05, 0) is 180 Å². The molecule has 3 heterocycles. The van der Waals surface area contributed by atoms with Crippen molar-refractivity contribution >= 4 is 64.6 Å². The molecule has 9 aromatic rings. The smallest absolute Gasteiger partial charge is 0.0541 e. The van der Waals surface area contributed by atoms with Gasteiger partial charge in [0, 0.05) is 54.4 Å². The Balaban J connectivity index is 1.03. The van der Waals surface area contributed by atoms with Crippen LogP contribution in [0, 0.1) is 11.8 Å². The highest BCUT2D eigenvalue weighted by atomic mass is 32.1. The summed E-state index contributed by atoms with van der Waals surface area (Å²) in [6, 6.07) is 55.7. The Hall–Kier alpha value is -7.46. The lowest BCUT2D eigenvalue weighted by Crippen LogP contribution is -2.14. The van der Waals surface area contributed by atoms with Crippen molar-refractivity contribution in [1.82, 2.24) is 9.88 Å². The number of allylic oxidation sites excluding steroid dienone is 13. The van der Waals surface area contributed by atoms with Crippen LogP contribution in [0.4, 0.5) is 0 Å². The first-order valence-corrected chi connectivity index (χ1v) is 29.2. The predicted octanol–water partition coefficient (Wildman–Crippen LogP) is 21.0. The summed E-state index contributed by atoms with van der Waals surface area (Å²) < 4.78 is 5.14. The van der Waals surface area contributed by atoms with Crippen LogP contribution >= 0.6 is 11.3 Å². The second-order valence-electron chi connectivity index (χ2n) is 20.9. The van der Waals surface area contributed by atoms with E-state index in [1.54, 1.807) is 0 Å². The highest BCUT2D eigenvalue weighted by molar-refractivity contribution is 7.25. The summed E-state index contributed by atoms with van der Waals surface area (Å²) in [4.78, 5) is 0. The quantitative estimate of drug-likeness (QED) is 0.101. The van der Waals surface area contributed by atoms with E-state index in [9.17, 15) is 0 Å². The van der Waals surface area contributed by atoms with E-state index >= 15 is 0 Å². The normalized spacial score (nSPS) is 18.5. The molecular weight excluding hydrogens is 937 g/mol. The van der Waals surface area contributed by atoms with Gasteiger partial charge >= 0.3 is 0 Å². The van der Waals surface area contributed by atoms with Crippen LogP contribution in [0.25, 0.3) is 92.3 Å². The fraction of sp³-hybridized carbons (Fsp3) is 0.233. The Morgan fingerprint density at radius 2 is 1.24 bits per heavy atom. The Labute approximate surface area is 455 Å². The van der Waals surface area contributed by atoms with Gasteiger partial charge in [0.1, 0.15) is 0 Å². The van der Waals surface area contributed by atoms with E-state index in [1.165, 1.54) is 142 Å². The summed E-state index contributed by atoms with van der Waals surface area (Å²) in [5.74, 6) is 1.19. The van der Waals surface area contributed by atoms with Gasteiger partial charge in [-0.2, -0.15) is 0 Å². The van der Waals surface area contributed by atoms with Gasteiger partial charge in [0.05, 0.1) is 11.0 Å². The van der Waals surface area contributed by atoms with Gasteiger partial charge in [-0.1, -0.05) is 191 Å². The molecule has 0 amide bonds. The van der Waals surface area contributed by atoms with Gasteiger partial charge in [0.2, 0.25) is 0 Å². The van der Waals surface area contributed by atoms with Crippen LogP contribution in [0.2, 0.25) is 0 Å². The zero-order valence-electron chi connectivity index (χ0n) is 44.8. The Morgan fingerprint density at radius 1 is 0.592 bits per heavy atom. The summed E-state index contributed by atoms with van der Waals surface area (Å²) in [6.07, 6.45) is 40.0. The lowest BCUT2D eigenvalue weighted by molar-refractivity contribution is 0.540. The summed E-state index contributed by atoms with van der Waals surface area (Å²) >= 11 is 1.89. The number of fused-ring (bicyclic) bond motifs is 6. The SMILES string of the molecule is CCCCC(/C=C\C=C/Cc1ccccc1-c1ccc2sc3ccc(-n4c5ccc(-c6ccccc6/C6=C/C=C\C=C\CCCN6)cc5c5cc(-c6ccccc6/C6=C/C=C\CCCC6CC)ccc54)cc3c2c1)CC. The Morgan fingerprint density at radius 3 is 2.00 bits per heavy atom. The third-order valence-electron chi connectivity index (χ3n) is 16.1. The maximum atomic E-state index is 3.80. The van der Waals surface area contributed by atoms with Crippen LogP contribution in [0.15, 0.2) is 219 Å². The van der Waals surface area contributed by atoms with Crippen molar-refractivity contribution < 1.29 is 0 Å². The van der Waals surface area contributed by atoms with Crippen molar-refractivity contribution in [3.63, 3.8) is 0 Å². The van der Waals surface area contributed by atoms with Crippen LogP contribution in [0.5, 0.6) is 0 Å². The molecule has 1 aliphatic heterocycles. The fourth-order valence-electron chi connectivity index (χ4n) is 11.9. The minimum absolute atomic E-state index is 0.528. The molecule has 0 saturated carbocycles. The average Bonchev–Trinajstić information content (AvgIpc) is 4.04. The van der Waals surface area contributed by atoms with Gasteiger partial charge < -0.3 is 9.88 Å². The molecule has 1 N–H and O–H groups in total. The highest BCUT2D eigenvalue weighted by Gasteiger charge is 2.21. The van der Waals surface area contributed by atoms with Gasteiger partial charge in [-0.3, -0.25) is 0 Å². The topological polar surface area (TPSA) is 17.0 Å². The molecule has 0 saturated heterocycles. The number of benzene rings is 7. The van der Waals surface area contributed by atoms with E-state index in [0.717, 1.165) is 44.3 Å². The molecule has 7 aromatic carbocycles. The number of hydrogen-bond donors (Lipinski definition) is 1. The molecule has 0 spiro atoms. The Bertz CT molecular complexity index is 3740. The molecule has 0 bridgehead atoms. The van der Waals surface area contributed by atoms with Crippen molar-refractivity contribution in [3.8, 4) is 39.1 Å². The van der Waals surface area contributed by atoms with Crippen LogP contribution in [-0.2, 0) is 6.42 Å². The third kappa shape index (κ3) is 10.8. The fourth-order valence-corrected chi connectivity index (χ4v) is 13.0. The first-order chi connectivity index (χ1) is 37.6. The molecule has 2 aromatic heterocycles. The molecule has 2 aliphatic rings. The number of nitrogens with zero attached hydrogens (tertiary/aromatic N) is 1. The standard InChI is InChI=1S/C73H72N2S/c1-4-7-27-52(5-2)28-15-14-17-30-54-31-20-21-32-59(54)55-41-45-72-67(50-55)68-51-58(42-46-73(68)76-72)75-70-43-39-56(61-34-22-24-36-63(61)60-33-18-12-11-16-29-53(60)6-3)48-65(70)66-49-57(40-44-71(66)75)62-35-23-25-37-64(62)69-38-19-10-8-9-13-26-47-74-69/h8-10,12,14-15,17-25,28,31-46,48-53,74H,4-7,11,13,16,26-27,29-30,47H2,1-3H3/b9-8+,17-14-,18-12-,19-10-,28-15-,60-33+,69-38-. The van der Waals surface area contributed by atoms with E-state index in [2.05, 4.69) is 249 Å². The zero-order chi connectivity index (χ0) is 51.6. The molecular formula is C73H72N2S. The molecule has 11 rings (SSSR count). The largest absolute Gasteiger partial charge is 0.385 e. The predicted molar refractivity (Wildman–Crippen MR) is 334 cm³/mol. The third-order valence-corrected chi connectivity index (χ3v) is 17.2. The lowest BCUT2D eigenvalue weighted by Gasteiger charge is -2.23. The van der Waals surface area contributed by atoms with Crippen molar-refractivity contribution in [2.75, 3.05) is 6.54 Å². The van der Waals surface area contributed by atoms with Gasteiger partial charge in [0.25, 0.3) is 0 Å². The van der Waals surface area contributed by atoms with Crippen molar-refractivity contribution in [2.45, 2.75) is 91.4 Å². The van der Waals surface area contributed by atoms with Crippen LogP contribution in [0.3, 0.4) is 0 Å². The van der Waals surface area contributed by atoms with Crippen LogP contribution in [-0.4, -0.2) is 11.1 Å². The van der Waals surface area contributed by atoms with Crippen molar-refractivity contribution in [3.05, 3.63) is 235 Å². The monoisotopic (exact) mass is 1010 g/mol. The molecule has 2 atom stereocenters. The number of hydrogen-bond acceptors (Lipinski definition) is 2. The van der Waals surface area contributed by atoms with E-state index in [0.29, 0.717) is 11.8 Å². The second-order valence-corrected chi connectivity index (χ2v) is 22.0. The van der Waals surface area contributed by atoms with Gasteiger partial charge in [-0.15, -0.1) is 11.3 Å². The summed E-state index contributed by atoms with van der Waals surface area (Å²) in [6.45, 7) is 7.87. The van der Waals surface area contributed by atoms with E-state index in [4.69, 9.17) is 0 Å². The highest BCUT2D eigenvalue weighted by Crippen LogP contribution is 2.44. The molecule has 2 unspecified atom stereocenters. The first kappa shape index (κ1) is 50.7. The summed E-state index contributed by atoms with van der Waals surface area (Å²) in [5.41, 5.74) is 17.6. The van der Waals surface area contributed by atoms with E-state index in [-0.39, 0.29) is 0 Å². The summed E-state index contributed by atoms with van der Waals surface area (Å²) in [7, 11) is 0. The van der Waals surface area contributed by atoms with E-state index < -0.39 is 0 Å². The maximum absolute atomic E-state index is 3.80. The van der Waals surface area contributed by atoms with Crippen LogP contribution in [0.1, 0.15) is 102 Å². The van der Waals surface area contributed by atoms with E-state index in [1.807, 2.05) is 11.3 Å². The molecule has 0 radical (unpaired) electrons. The number of thiophene rings is 1. The number of nitrogens with one attached hydrogen (secondary N) is 1. The first-order valence-electron chi connectivity index (χ1n) is 28.4. The maximum Gasteiger partial charge on any atom is 0.0541 e. The molecule has 2 nitrogen and oxygen atoms in total. The van der Waals surface area contributed by atoms with Crippen LogP contribution < -0.4 is 5.32 Å². The van der Waals surface area contributed by atoms with Crippen molar-refractivity contribution in [1.29, 1.82) is 0 Å². The number of unbranched alkanes of at least 4 members (excludes halogenated alkanes) is 1. The Kier molecular flexibility index (Phi) is 16.0. The molecule has 0 fully saturated rings. The number of aromatic nitrogens is 1. The average molecular weight is 1010 g/mol. The molecule has 1 aliphatic carbocycles.